The lowest BCUT2D eigenvalue weighted by atomic mass is 9.96. The molecule has 1 heterocycles. The highest BCUT2D eigenvalue weighted by molar-refractivity contribution is 6.07. The summed E-state index contributed by atoms with van der Waals surface area (Å²) in [6.07, 6.45) is 0. The normalized spacial score (nSPS) is 11.1. The van der Waals surface area contributed by atoms with Gasteiger partial charge >= 0.3 is 5.97 Å². The van der Waals surface area contributed by atoms with Crippen molar-refractivity contribution < 1.29 is 14.1 Å². The van der Waals surface area contributed by atoms with Crippen molar-refractivity contribution in [3.63, 3.8) is 0 Å². The number of hydrogen-bond acceptors (Lipinski definition) is 4. The number of aromatic nitrogens is 1. The van der Waals surface area contributed by atoms with Gasteiger partial charge in [-0.15, -0.1) is 0 Å². The summed E-state index contributed by atoms with van der Waals surface area (Å²) >= 11 is 0. The van der Waals surface area contributed by atoms with Crippen LogP contribution in [0.25, 0.3) is 32.8 Å². The van der Waals surface area contributed by atoms with Crippen LogP contribution < -0.4 is 0 Å². The van der Waals surface area contributed by atoms with E-state index in [0.717, 1.165) is 21.7 Å². The maximum absolute atomic E-state index is 12.3. The van der Waals surface area contributed by atoms with Crippen LogP contribution in [0.4, 0.5) is 0 Å². The predicted molar refractivity (Wildman–Crippen MR) is 97.6 cm³/mol. The molecular formula is C21H17NO3. The highest BCUT2D eigenvalue weighted by Crippen LogP contribution is 2.34. The van der Waals surface area contributed by atoms with E-state index in [1.165, 1.54) is 5.39 Å². The van der Waals surface area contributed by atoms with Gasteiger partial charge in [0.15, 0.2) is 0 Å². The number of carbonyl (C=O) groups excluding carboxylic acids is 1. The smallest absolute Gasteiger partial charge is 0.344 e. The number of nitrogens with zero attached hydrogens (tertiary/aromatic N) is 1. The molecule has 0 aliphatic rings. The number of benzene rings is 3. The molecule has 4 heteroatoms. The van der Waals surface area contributed by atoms with Crippen molar-refractivity contribution in [1.29, 1.82) is 0 Å². The highest BCUT2D eigenvalue weighted by atomic mass is 16.5. The molecule has 0 spiro atoms. The van der Waals surface area contributed by atoms with Gasteiger partial charge in [-0.25, -0.2) is 4.79 Å². The third kappa shape index (κ3) is 2.56. The molecular weight excluding hydrogens is 314 g/mol. The minimum Gasteiger partial charge on any atom is -0.462 e. The molecule has 0 amide bonds. The van der Waals surface area contributed by atoms with E-state index < -0.39 is 5.97 Å². The fourth-order valence-corrected chi connectivity index (χ4v) is 3.17. The number of aryl methyl sites for hydroxylation is 1. The lowest BCUT2D eigenvalue weighted by Gasteiger charge is -2.08. The van der Waals surface area contributed by atoms with Crippen LogP contribution in [0, 0.1) is 6.92 Å². The van der Waals surface area contributed by atoms with E-state index in [1.54, 1.807) is 13.8 Å². The number of ether oxygens (including phenoxy) is 1. The van der Waals surface area contributed by atoms with Gasteiger partial charge < -0.3 is 9.26 Å². The maximum atomic E-state index is 12.3. The first kappa shape index (κ1) is 15.4. The van der Waals surface area contributed by atoms with Gasteiger partial charge in [0.05, 0.1) is 6.61 Å². The largest absolute Gasteiger partial charge is 0.462 e. The second-order valence-corrected chi connectivity index (χ2v) is 5.91. The summed E-state index contributed by atoms with van der Waals surface area (Å²) in [6.45, 7) is 3.82. The Balaban J connectivity index is 1.99. The van der Waals surface area contributed by atoms with Gasteiger partial charge in [0.1, 0.15) is 17.0 Å². The van der Waals surface area contributed by atoms with E-state index in [2.05, 4.69) is 35.5 Å². The van der Waals surface area contributed by atoms with E-state index in [0.29, 0.717) is 23.6 Å². The first-order chi connectivity index (χ1) is 12.2. The van der Waals surface area contributed by atoms with Gasteiger partial charge in [-0.05, 0) is 47.5 Å². The van der Waals surface area contributed by atoms with Crippen molar-refractivity contribution in [2.45, 2.75) is 13.8 Å². The SMILES string of the molecule is CCOC(=O)c1c(-c2cccc3cc4ccccc4cc23)noc1C. The van der Waals surface area contributed by atoms with Crippen molar-refractivity contribution in [3.8, 4) is 11.3 Å². The predicted octanol–water partition coefficient (Wildman–Crippen LogP) is 5.13. The Hall–Kier alpha value is -3.14. The van der Waals surface area contributed by atoms with Crippen molar-refractivity contribution in [3.05, 3.63) is 65.9 Å². The average molecular weight is 331 g/mol. The van der Waals surface area contributed by atoms with Crippen LogP contribution >= 0.6 is 0 Å². The third-order valence-corrected chi connectivity index (χ3v) is 4.34. The minimum absolute atomic E-state index is 0.309. The standard InChI is InChI=1S/C21H17NO3/c1-3-24-21(23)19-13(2)25-22-20(19)17-10-6-9-16-11-14-7-4-5-8-15(14)12-18(16)17/h4-12H,3H2,1-2H3. The van der Waals surface area contributed by atoms with Gasteiger partial charge in [0.2, 0.25) is 0 Å². The zero-order valence-electron chi connectivity index (χ0n) is 14.1. The Labute approximate surface area is 145 Å². The summed E-state index contributed by atoms with van der Waals surface area (Å²) in [7, 11) is 0. The molecule has 0 radical (unpaired) electrons. The topological polar surface area (TPSA) is 52.3 Å². The van der Waals surface area contributed by atoms with Gasteiger partial charge in [-0.1, -0.05) is 47.6 Å². The molecule has 4 nitrogen and oxygen atoms in total. The summed E-state index contributed by atoms with van der Waals surface area (Å²) in [5.41, 5.74) is 1.78. The Morgan fingerprint density at radius 3 is 2.52 bits per heavy atom. The Morgan fingerprint density at radius 1 is 1.04 bits per heavy atom. The van der Waals surface area contributed by atoms with E-state index >= 15 is 0 Å². The Morgan fingerprint density at radius 2 is 1.76 bits per heavy atom. The quantitative estimate of drug-likeness (QED) is 0.385. The first-order valence-corrected chi connectivity index (χ1v) is 8.24. The minimum atomic E-state index is -0.408. The molecule has 0 aliphatic carbocycles. The van der Waals surface area contributed by atoms with E-state index in [1.807, 2.05) is 24.3 Å². The zero-order chi connectivity index (χ0) is 17.4. The molecule has 0 saturated heterocycles. The maximum Gasteiger partial charge on any atom is 0.344 e. The first-order valence-electron chi connectivity index (χ1n) is 8.24. The van der Waals surface area contributed by atoms with Gasteiger partial charge in [0.25, 0.3) is 0 Å². The second kappa shape index (κ2) is 6.06. The number of carbonyl (C=O) groups is 1. The van der Waals surface area contributed by atoms with Crippen LogP contribution in [0.1, 0.15) is 23.0 Å². The Kier molecular flexibility index (Phi) is 3.73. The van der Waals surface area contributed by atoms with Crippen LogP contribution in [0.2, 0.25) is 0 Å². The number of rotatable bonds is 3. The summed E-state index contributed by atoms with van der Waals surface area (Å²) < 4.78 is 10.5. The number of fused-ring (bicyclic) bond motifs is 2. The summed E-state index contributed by atoms with van der Waals surface area (Å²) in [5, 5.41) is 8.58. The van der Waals surface area contributed by atoms with Gasteiger partial charge in [-0.3, -0.25) is 0 Å². The monoisotopic (exact) mass is 331 g/mol. The molecule has 0 atom stereocenters. The highest BCUT2D eigenvalue weighted by Gasteiger charge is 2.23. The van der Waals surface area contributed by atoms with Crippen LogP contribution in [0.5, 0.6) is 0 Å². The molecule has 4 aromatic rings. The molecule has 25 heavy (non-hydrogen) atoms. The molecule has 0 saturated carbocycles. The van der Waals surface area contributed by atoms with Crippen molar-refractivity contribution in [1.82, 2.24) is 5.16 Å². The summed E-state index contributed by atoms with van der Waals surface area (Å²) in [4.78, 5) is 12.3. The molecule has 0 aliphatic heterocycles. The van der Waals surface area contributed by atoms with E-state index in [4.69, 9.17) is 9.26 Å². The van der Waals surface area contributed by atoms with Crippen molar-refractivity contribution in [2.75, 3.05) is 6.61 Å². The molecule has 0 N–H and O–H groups in total. The Bertz CT molecular complexity index is 1090. The van der Waals surface area contributed by atoms with Crippen LogP contribution in [-0.2, 0) is 4.74 Å². The fraction of sp³-hybridized carbons (Fsp3) is 0.143. The van der Waals surface area contributed by atoms with Gasteiger partial charge in [0, 0.05) is 5.56 Å². The second-order valence-electron chi connectivity index (χ2n) is 5.91. The molecule has 3 aromatic carbocycles. The lowest BCUT2D eigenvalue weighted by Crippen LogP contribution is -2.06. The zero-order valence-corrected chi connectivity index (χ0v) is 14.1. The third-order valence-electron chi connectivity index (χ3n) is 4.34. The molecule has 4 rings (SSSR count). The lowest BCUT2D eigenvalue weighted by molar-refractivity contribution is 0.0525. The average Bonchev–Trinajstić information content (AvgIpc) is 3.01. The van der Waals surface area contributed by atoms with E-state index in [-0.39, 0.29) is 0 Å². The molecule has 124 valence electrons. The fourth-order valence-electron chi connectivity index (χ4n) is 3.17. The number of esters is 1. The van der Waals surface area contributed by atoms with Crippen molar-refractivity contribution >= 4 is 27.5 Å². The summed E-state index contributed by atoms with van der Waals surface area (Å²) in [6, 6.07) is 18.4. The van der Waals surface area contributed by atoms with Crippen LogP contribution in [-0.4, -0.2) is 17.7 Å². The summed E-state index contributed by atoms with van der Waals surface area (Å²) in [5.74, 6) is 0.0558. The molecule has 1 aromatic heterocycles. The van der Waals surface area contributed by atoms with E-state index in [9.17, 15) is 4.79 Å². The molecule has 0 fully saturated rings. The molecule has 0 unspecified atom stereocenters. The van der Waals surface area contributed by atoms with Crippen LogP contribution in [0.15, 0.2) is 59.1 Å². The molecule has 0 bridgehead atoms. The van der Waals surface area contributed by atoms with Crippen LogP contribution in [0.3, 0.4) is 0 Å². The van der Waals surface area contributed by atoms with Gasteiger partial charge in [-0.2, -0.15) is 0 Å². The van der Waals surface area contributed by atoms with Crippen molar-refractivity contribution in [2.24, 2.45) is 0 Å². The number of hydrogen-bond donors (Lipinski definition) is 0.